The van der Waals surface area contributed by atoms with Crippen LogP contribution in [0.4, 0.5) is 5.82 Å². The number of aromatic nitrogens is 2. The van der Waals surface area contributed by atoms with Gasteiger partial charge in [0.05, 0.1) is 6.20 Å². The Morgan fingerprint density at radius 2 is 1.88 bits per heavy atom. The molecule has 3 N–H and O–H groups in total. The molecule has 0 unspecified atom stereocenters. The monoisotopic (exact) mass is 329 g/mol. The molecule has 0 amide bonds. The fraction of sp³-hybridized carbons (Fsp3) is 0. The normalized spacial score (nSPS) is 10.9. The maximum Gasteiger partial charge on any atom is 0.225 e. The molecule has 0 saturated carbocycles. The lowest BCUT2D eigenvalue weighted by molar-refractivity contribution is 0.466. The second-order valence-corrected chi connectivity index (χ2v) is 5.77. The molecule has 2 heterocycles. The number of aromatic hydroxyl groups is 1. The molecule has 25 heavy (non-hydrogen) atoms. The van der Waals surface area contributed by atoms with E-state index in [-0.39, 0.29) is 11.6 Å². The van der Waals surface area contributed by atoms with Crippen molar-refractivity contribution in [2.75, 3.05) is 5.73 Å². The number of fused-ring (bicyclic) bond motifs is 1. The van der Waals surface area contributed by atoms with Crippen LogP contribution in [0.3, 0.4) is 0 Å². The maximum absolute atomic E-state index is 11.5. The first-order valence-electron chi connectivity index (χ1n) is 7.78. The van der Waals surface area contributed by atoms with Gasteiger partial charge in [0, 0.05) is 29.5 Å². The first-order chi connectivity index (χ1) is 12.1. The van der Waals surface area contributed by atoms with Crippen molar-refractivity contribution in [2.45, 2.75) is 0 Å². The Balaban J connectivity index is 1.91. The van der Waals surface area contributed by atoms with Crippen LogP contribution in [0.25, 0.3) is 27.6 Å². The number of hydrogen-bond acceptors (Lipinski definition) is 4. The largest absolute Gasteiger partial charge is 0.503 e. The number of benzene rings is 2. The summed E-state index contributed by atoms with van der Waals surface area (Å²) < 4.78 is 1.59. The van der Waals surface area contributed by atoms with Crippen LogP contribution in [0.5, 0.6) is 5.75 Å². The van der Waals surface area contributed by atoms with E-state index in [0.717, 1.165) is 27.6 Å². The Morgan fingerprint density at radius 1 is 1.04 bits per heavy atom. The summed E-state index contributed by atoms with van der Waals surface area (Å²) in [7, 11) is 0. The summed E-state index contributed by atoms with van der Waals surface area (Å²) in [4.78, 5) is 15.7. The highest BCUT2D eigenvalue weighted by molar-refractivity contribution is 5.96. The van der Waals surface area contributed by atoms with Crippen molar-refractivity contribution in [1.29, 1.82) is 0 Å². The van der Waals surface area contributed by atoms with Gasteiger partial charge in [0.15, 0.2) is 5.75 Å². The molecule has 122 valence electrons. The first-order valence-corrected chi connectivity index (χ1v) is 7.78. The molecule has 0 radical (unpaired) electrons. The molecule has 5 nitrogen and oxygen atoms in total. The highest BCUT2D eigenvalue weighted by Crippen LogP contribution is 2.29. The molecule has 4 aromatic rings. The summed E-state index contributed by atoms with van der Waals surface area (Å²) in [5, 5.41) is 11.9. The minimum Gasteiger partial charge on any atom is -0.503 e. The molecule has 0 aliphatic heterocycles. The van der Waals surface area contributed by atoms with Crippen molar-refractivity contribution in [3.8, 4) is 22.6 Å². The van der Waals surface area contributed by atoms with Crippen molar-refractivity contribution in [1.82, 2.24) is 9.55 Å². The summed E-state index contributed by atoms with van der Waals surface area (Å²) in [5.74, 6) is -0.0714. The first kappa shape index (κ1) is 15.0. The van der Waals surface area contributed by atoms with E-state index in [0.29, 0.717) is 0 Å². The van der Waals surface area contributed by atoms with Gasteiger partial charge < -0.3 is 10.8 Å². The molecular formula is C20H15N3O2. The maximum atomic E-state index is 11.5. The number of nitrogens with two attached hydrogens (primary N) is 1. The zero-order valence-electron chi connectivity index (χ0n) is 13.3. The van der Waals surface area contributed by atoms with E-state index in [1.807, 2.05) is 54.7 Å². The number of anilines is 1. The third-order valence-corrected chi connectivity index (χ3v) is 4.18. The van der Waals surface area contributed by atoms with Gasteiger partial charge in [-0.25, -0.2) is 0 Å². The van der Waals surface area contributed by atoms with Crippen LogP contribution in [0.2, 0.25) is 0 Å². The summed E-state index contributed by atoms with van der Waals surface area (Å²) >= 11 is 0. The Morgan fingerprint density at radius 3 is 2.76 bits per heavy atom. The van der Waals surface area contributed by atoms with Crippen molar-refractivity contribution < 1.29 is 5.11 Å². The van der Waals surface area contributed by atoms with Crippen molar-refractivity contribution in [2.24, 2.45) is 0 Å². The number of pyridine rings is 2. The summed E-state index contributed by atoms with van der Waals surface area (Å²) in [6.07, 6.45) is 4.94. The predicted octanol–water partition coefficient (Wildman–Crippen LogP) is 3.34. The van der Waals surface area contributed by atoms with Crippen molar-refractivity contribution in [3.05, 3.63) is 83.4 Å². The van der Waals surface area contributed by atoms with Crippen LogP contribution in [-0.2, 0) is 0 Å². The summed E-state index contributed by atoms with van der Waals surface area (Å²) in [6.45, 7) is 0. The van der Waals surface area contributed by atoms with Crippen LogP contribution < -0.4 is 11.2 Å². The molecule has 0 aliphatic carbocycles. The third-order valence-electron chi connectivity index (χ3n) is 4.18. The molecule has 2 aromatic carbocycles. The quantitative estimate of drug-likeness (QED) is 0.591. The molecule has 0 spiro atoms. The molecule has 0 saturated heterocycles. The van der Waals surface area contributed by atoms with Gasteiger partial charge in [0.1, 0.15) is 5.82 Å². The average molecular weight is 329 g/mol. The van der Waals surface area contributed by atoms with Crippen LogP contribution in [0.15, 0.2) is 78.0 Å². The molecule has 0 bridgehead atoms. The minimum absolute atomic E-state index is 0.266. The summed E-state index contributed by atoms with van der Waals surface area (Å²) in [5.41, 5.74) is 8.29. The van der Waals surface area contributed by atoms with Gasteiger partial charge in [-0.1, -0.05) is 30.3 Å². The predicted molar refractivity (Wildman–Crippen MR) is 98.9 cm³/mol. The van der Waals surface area contributed by atoms with Crippen LogP contribution in [-0.4, -0.2) is 14.7 Å². The van der Waals surface area contributed by atoms with E-state index in [9.17, 15) is 9.90 Å². The van der Waals surface area contributed by atoms with Gasteiger partial charge in [0.25, 0.3) is 0 Å². The molecule has 0 fully saturated rings. The zero-order valence-corrected chi connectivity index (χ0v) is 13.3. The SMILES string of the molecule is Nc1cc(=O)c(O)cn1-c1cccc(-c2cccc3cnccc23)c1. The Labute approximate surface area is 143 Å². The average Bonchev–Trinajstić information content (AvgIpc) is 2.64. The van der Waals surface area contributed by atoms with Crippen molar-refractivity contribution >= 4 is 16.6 Å². The summed E-state index contributed by atoms with van der Waals surface area (Å²) in [6, 6.07) is 17.0. The van der Waals surface area contributed by atoms with E-state index >= 15 is 0 Å². The molecule has 0 aliphatic rings. The second-order valence-electron chi connectivity index (χ2n) is 5.77. The van der Waals surface area contributed by atoms with Gasteiger partial charge in [-0.3, -0.25) is 14.3 Å². The lowest BCUT2D eigenvalue weighted by Gasteiger charge is -2.13. The van der Waals surface area contributed by atoms with Crippen LogP contribution in [0, 0.1) is 0 Å². The lowest BCUT2D eigenvalue weighted by atomic mass is 9.99. The molecule has 5 heteroatoms. The van der Waals surface area contributed by atoms with E-state index in [2.05, 4.69) is 4.98 Å². The fourth-order valence-corrected chi connectivity index (χ4v) is 2.96. The zero-order chi connectivity index (χ0) is 17.4. The van der Waals surface area contributed by atoms with E-state index in [1.54, 1.807) is 10.8 Å². The lowest BCUT2D eigenvalue weighted by Crippen LogP contribution is -2.10. The molecule has 2 aromatic heterocycles. The van der Waals surface area contributed by atoms with Gasteiger partial charge >= 0.3 is 0 Å². The number of hydrogen-bond donors (Lipinski definition) is 2. The number of nitrogen functional groups attached to an aromatic ring is 1. The van der Waals surface area contributed by atoms with E-state index in [1.165, 1.54) is 12.3 Å². The standard InChI is InChI=1S/C20H15N3O2/c21-20-10-18(24)19(25)12-23(20)15-5-1-3-13(9-15)16-6-2-4-14-11-22-8-7-17(14)16/h1-12,25H,21H2. The molecule has 4 rings (SSSR count). The third kappa shape index (κ3) is 2.61. The number of rotatable bonds is 2. The van der Waals surface area contributed by atoms with Gasteiger partial charge in [-0.2, -0.15) is 0 Å². The van der Waals surface area contributed by atoms with Gasteiger partial charge in [0.2, 0.25) is 5.43 Å². The fourth-order valence-electron chi connectivity index (χ4n) is 2.96. The highest BCUT2D eigenvalue weighted by atomic mass is 16.3. The van der Waals surface area contributed by atoms with Crippen LogP contribution in [0.1, 0.15) is 0 Å². The number of nitrogens with zero attached hydrogens (tertiary/aromatic N) is 2. The smallest absolute Gasteiger partial charge is 0.225 e. The minimum atomic E-state index is -0.494. The molecule has 0 atom stereocenters. The van der Waals surface area contributed by atoms with Crippen LogP contribution >= 0.6 is 0 Å². The highest BCUT2D eigenvalue weighted by Gasteiger charge is 2.08. The Hall–Kier alpha value is -3.60. The molecular weight excluding hydrogens is 314 g/mol. The topological polar surface area (TPSA) is 81.1 Å². The Kier molecular flexibility index (Phi) is 3.47. The second kappa shape index (κ2) is 5.79. The Bertz CT molecular complexity index is 1140. The van der Waals surface area contributed by atoms with Crippen molar-refractivity contribution in [3.63, 3.8) is 0 Å². The van der Waals surface area contributed by atoms with E-state index in [4.69, 9.17) is 5.73 Å². The van der Waals surface area contributed by atoms with Gasteiger partial charge in [-0.15, -0.1) is 0 Å². The van der Waals surface area contributed by atoms with E-state index < -0.39 is 5.43 Å². The van der Waals surface area contributed by atoms with Gasteiger partial charge in [-0.05, 0) is 34.7 Å².